The predicted octanol–water partition coefficient (Wildman–Crippen LogP) is 5.19. The van der Waals surface area contributed by atoms with Gasteiger partial charge in [-0.15, -0.1) is 0 Å². The van der Waals surface area contributed by atoms with E-state index in [1.54, 1.807) is 20.2 Å². The zero-order valence-corrected chi connectivity index (χ0v) is 18.5. The summed E-state index contributed by atoms with van der Waals surface area (Å²) in [5.74, 6) is 0.333. The molecule has 9 heteroatoms. The number of ether oxygens (including phenoxy) is 1. The number of aromatic nitrogens is 1. The summed E-state index contributed by atoms with van der Waals surface area (Å²) in [6.07, 6.45) is -4.67. The van der Waals surface area contributed by atoms with E-state index in [1.807, 2.05) is 36.4 Å². The smallest absolute Gasteiger partial charge is 0.417 e. The van der Waals surface area contributed by atoms with Gasteiger partial charge in [-0.2, -0.15) is 18.4 Å². The van der Waals surface area contributed by atoms with Crippen LogP contribution in [0.4, 0.5) is 13.2 Å². The zero-order chi connectivity index (χ0) is 23.5. The molecule has 0 saturated heterocycles. The van der Waals surface area contributed by atoms with Crippen molar-refractivity contribution in [3.8, 4) is 11.8 Å². The van der Waals surface area contributed by atoms with Crippen molar-refractivity contribution in [3.05, 3.63) is 64.8 Å². The first-order valence-corrected chi connectivity index (χ1v) is 10.5. The van der Waals surface area contributed by atoms with Crippen molar-refractivity contribution in [3.63, 3.8) is 0 Å². The number of halogens is 3. The van der Waals surface area contributed by atoms with E-state index in [2.05, 4.69) is 4.98 Å². The van der Waals surface area contributed by atoms with E-state index in [9.17, 15) is 23.2 Å². The maximum atomic E-state index is 13.2. The van der Waals surface area contributed by atoms with E-state index in [0.717, 1.165) is 39.9 Å². The van der Waals surface area contributed by atoms with Crippen LogP contribution in [0.3, 0.4) is 0 Å². The van der Waals surface area contributed by atoms with Crippen molar-refractivity contribution in [1.29, 1.82) is 5.26 Å². The molecule has 0 aliphatic heterocycles. The van der Waals surface area contributed by atoms with Gasteiger partial charge in [0.25, 0.3) is 0 Å². The summed E-state index contributed by atoms with van der Waals surface area (Å²) >= 11 is 0.831. The Morgan fingerprint density at radius 2 is 1.88 bits per heavy atom. The molecule has 1 amide bonds. The van der Waals surface area contributed by atoms with E-state index >= 15 is 0 Å². The lowest BCUT2D eigenvalue weighted by Crippen LogP contribution is -2.27. The first-order valence-electron chi connectivity index (χ1n) is 9.54. The molecule has 0 spiro atoms. The van der Waals surface area contributed by atoms with Gasteiger partial charge in [0.15, 0.2) is 0 Å². The fourth-order valence-electron chi connectivity index (χ4n) is 3.18. The van der Waals surface area contributed by atoms with E-state index in [0.29, 0.717) is 6.54 Å². The number of thioether (sulfide) groups is 1. The van der Waals surface area contributed by atoms with Gasteiger partial charge < -0.3 is 9.64 Å². The molecular formula is C23H20F3N3O2S. The van der Waals surface area contributed by atoms with Crippen molar-refractivity contribution in [2.45, 2.75) is 24.7 Å². The lowest BCUT2D eigenvalue weighted by molar-refractivity contribution is -0.138. The summed E-state index contributed by atoms with van der Waals surface area (Å²) < 4.78 is 45.0. The number of hydrogen-bond acceptors (Lipinski definition) is 5. The van der Waals surface area contributed by atoms with Crippen molar-refractivity contribution in [2.75, 3.05) is 19.9 Å². The number of rotatable bonds is 6. The second-order valence-corrected chi connectivity index (χ2v) is 8.15. The number of nitrogens with zero attached hydrogens (tertiary/aromatic N) is 3. The summed E-state index contributed by atoms with van der Waals surface area (Å²) in [6.45, 7) is 1.76. The minimum Gasteiger partial charge on any atom is -0.497 e. The largest absolute Gasteiger partial charge is 0.497 e. The average molecular weight is 459 g/mol. The van der Waals surface area contributed by atoms with Gasteiger partial charge >= 0.3 is 6.18 Å². The molecular weight excluding hydrogens is 439 g/mol. The fourth-order valence-corrected chi connectivity index (χ4v) is 4.17. The summed E-state index contributed by atoms with van der Waals surface area (Å²) in [5, 5.41) is 11.1. The van der Waals surface area contributed by atoms with Gasteiger partial charge in [0.2, 0.25) is 5.91 Å². The number of fused-ring (bicyclic) bond motifs is 1. The van der Waals surface area contributed by atoms with Crippen LogP contribution in [0.25, 0.3) is 10.8 Å². The van der Waals surface area contributed by atoms with E-state index < -0.39 is 17.3 Å². The van der Waals surface area contributed by atoms with Gasteiger partial charge in [0, 0.05) is 19.3 Å². The van der Waals surface area contributed by atoms with E-state index in [4.69, 9.17) is 4.74 Å². The molecule has 0 radical (unpaired) electrons. The molecule has 0 unspecified atom stereocenters. The Morgan fingerprint density at radius 3 is 2.53 bits per heavy atom. The number of carbonyl (C=O) groups excluding carboxylic acids is 1. The minimum absolute atomic E-state index is 0.0961. The first-order chi connectivity index (χ1) is 15.1. The molecule has 166 valence electrons. The minimum atomic E-state index is -4.67. The third-order valence-electron chi connectivity index (χ3n) is 4.82. The monoisotopic (exact) mass is 459 g/mol. The van der Waals surface area contributed by atoms with Crippen molar-refractivity contribution >= 4 is 28.4 Å². The fraction of sp³-hybridized carbons (Fsp3) is 0.261. The Labute approximate surface area is 187 Å². The Morgan fingerprint density at radius 1 is 1.19 bits per heavy atom. The van der Waals surface area contributed by atoms with Crippen LogP contribution in [0.15, 0.2) is 47.5 Å². The molecule has 0 fully saturated rings. The van der Waals surface area contributed by atoms with Crippen molar-refractivity contribution < 1.29 is 22.7 Å². The molecule has 32 heavy (non-hydrogen) atoms. The van der Waals surface area contributed by atoms with Crippen LogP contribution < -0.4 is 4.74 Å². The lowest BCUT2D eigenvalue weighted by Gasteiger charge is -2.18. The number of alkyl halides is 3. The number of benzene rings is 2. The number of amides is 1. The number of hydrogen-bond donors (Lipinski definition) is 0. The van der Waals surface area contributed by atoms with Crippen LogP contribution in [0.2, 0.25) is 0 Å². The van der Waals surface area contributed by atoms with E-state index in [1.165, 1.54) is 11.8 Å². The molecule has 0 N–H and O–H groups in total. The molecule has 0 aliphatic rings. The maximum absolute atomic E-state index is 13.2. The molecule has 0 aliphatic carbocycles. The third-order valence-corrected chi connectivity index (χ3v) is 5.78. The van der Waals surface area contributed by atoms with Gasteiger partial charge in [-0.1, -0.05) is 30.0 Å². The van der Waals surface area contributed by atoms with Crippen molar-refractivity contribution in [1.82, 2.24) is 9.88 Å². The Hall–Kier alpha value is -3.25. The van der Waals surface area contributed by atoms with Gasteiger partial charge in [0.05, 0.1) is 24.0 Å². The highest BCUT2D eigenvalue weighted by Gasteiger charge is 2.35. The number of aryl methyl sites for hydroxylation is 1. The van der Waals surface area contributed by atoms with Gasteiger partial charge in [0.1, 0.15) is 16.8 Å². The van der Waals surface area contributed by atoms with Crippen LogP contribution in [0.1, 0.15) is 22.4 Å². The molecule has 1 aromatic heterocycles. The predicted molar refractivity (Wildman–Crippen MR) is 116 cm³/mol. The standard InChI is InChI=1S/C23H20F3N3O2S/c1-14-8-20(23(24,25)26)19(11-27)22(28-14)32-13-21(30)29(2)12-15-4-5-17-10-18(31-3)7-6-16(17)9-15/h4-10H,12-13H2,1-3H3. The second kappa shape index (κ2) is 9.49. The number of carbonyl (C=O) groups is 1. The molecule has 0 saturated carbocycles. The summed E-state index contributed by atoms with van der Waals surface area (Å²) in [7, 11) is 3.22. The third kappa shape index (κ3) is 5.32. The molecule has 0 atom stereocenters. The Balaban J connectivity index is 1.71. The van der Waals surface area contributed by atoms with Gasteiger partial charge in [-0.05, 0) is 47.5 Å². The van der Waals surface area contributed by atoms with Crippen LogP contribution in [0, 0.1) is 18.3 Å². The number of methoxy groups -OCH3 is 1. The van der Waals surface area contributed by atoms with Crippen LogP contribution >= 0.6 is 11.8 Å². The molecule has 3 aromatic rings. The SMILES string of the molecule is COc1ccc2cc(CN(C)C(=O)CSc3nc(C)cc(C(F)(F)F)c3C#N)ccc2c1. The molecule has 2 aromatic carbocycles. The molecule has 3 rings (SSSR count). The van der Waals surface area contributed by atoms with Crippen LogP contribution in [0.5, 0.6) is 5.75 Å². The summed E-state index contributed by atoms with van der Waals surface area (Å²) in [5.41, 5.74) is -0.557. The highest BCUT2D eigenvalue weighted by atomic mass is 32.2. The van der Waals surface area contributed by atoms with Crippen LogP contribution in [-0.2, 0) is 17.5 Å². The van der Waals surface area contributed by atoms with Crippen LogP contribution in [-0.4, -0.2) is 35.7 Å². The summed E-state index contributed by atoms with van der Waals surface area (Å²) in [4.78, 5) is 18.1. The van der Waals surface area contributed by atoms with Crippen molar-refractivity contribution in [2.24, 2.45) is 0 Å². The second-order valence-electron chi connectivity index (χ2n) is 7.19. The average Bonchev–Trinajstić information content (AvgIpc) is 2.75. The first kappa shape index (κ1) is 23.4. The van der Waals surface area contributed by atoms with Gasteiger partial charge in [-0.3, -0.25) is 4.79 Å². The Bertz CT molecular complexity index is 1210. The highest BCUT2D eigenvalue weighted by Crippen LogP contribution is 2.36. The maximum Gasteiger partial charge on any atom is 0.417 e. The quantitative estimate of drug-likeness (QED) is 0.475. The number of pyridine rings is 1. The summed E-state index contributed by atoms with van der Waals surface area (Å²) in [6, 6.07) is 13.9. The van der Waals surface area contributed by atoms with E-state index in [-0.39, 0.29) is 22.4 Å². The highest BCUT2D eigenvalue weighted by molar-refractivity contribution is 8.00. The molecule has 0 bridgehead atoms. The number of nitriles is 1. The normalized spacial score (nSPS) is 11.3. The Kier molecular flexibility index (Phi) is 6.94. The topological polar surface area (TPSA) is 66.2 Å². The zero-order valence-electron chi connectivity index (χ0n) is 17.7. The van der Waals surface area contributed by atoms with Gasteiger partial charge in [-0.25, -0.2) is 4.98 Å². The molecule has 5 nitrogen and oxygen atoms in total. The lowest BCUT2D eigenvalue weighted by atomic mass is 10.1. The molecule has 1 heterocycles.